The van der Waals surface area contributed by atoms with Gasteiger partial charge in [0.15, 0.2) is 0 Å². The Balaban J connectivity index is 1.39. The average Bonchev–Trinajstić information content (AvgIpc) is 3.36. The Morgan fingerprint density at radius 2 is 2.19 bits per heavy atom. The molecule has 3 N–H and O–H groups in total. The Morgan fingerprint density at radius 1 is 1.31 bits per heavy atom. The lowest BCUT2D eigenvalue weighted by molar-refractivity contribution is -0.0140. The summed E-state index contributed by atoms with van der Waals surface area (Å²) in [6, 6.07) is 11.7. The molecule has 0 radical (unpaired) electrons. The molecule has 2 aliphatic rings. The quantitative estimate of drug-likeness (QED) is 0.562. The van der Waals surface area contributed by atoms with Gasteiger partial charge in [-0.1, -0.05) is 12.1 Å². The largest absolute Gasteiger partial charge is 0.391 e. The highest BCUT2D eigenvalue weighted by Gasteiger charge is 2.27. The number of pyridine rings is 1. The smallest absolute Gasteiger partial charge is 0.270 e. The molecule has 0 saturated carbocycles. The van der Waals surface area contributed by atoms with Gasteiger partial charge in [-0.25, -0.2) is 9.67 Å². The Kier molecular flexibility index (Phi) is 5.98. The van der Waals surface area contributed by atoms with Gasteiger partial charge in [0.25, 0.3) is 5.91 Å². The molecule has 0 bridgehead atoms. The lowest BCUT2D eigenvalue weighted by atomic mass is 9.94. The van der Waals surface area contributed by atoms with E-state index < -0.39 is 12.1 Å². The maximum Gasteiger partial charge on any atom is 0.270 e. The fourth-order valence-corrected chi connectivity index (χ4v) is 4.34. The molecule has 4 heterocycles. The summed E-state index contributed by atoms with van der Waals surface area (Å²) < 4.78 is 7.24. The minimum atomic E-state index is -0.597. The molecule has 0 aliphatic carbocycles. The second-order valence-electron chi connectivity index (χ2n) is 8.32. The lowest BCUT2D eigenvalue weighted by Crippen LogP contribution is -2.49. The molecule has 2 aliphatic heterocycles. The number of hydrogen-bond donors (Lipinski definition) is 3. The highest BCUT2D eigenvalue weighted by atomic mass is 16.5. The highest BCUT2D eigenvalue weighted by molar-refractivity contribution is 5.93. The molecule has 166 valence electrons. The number of nitrogens with one attached hydrogen (secondary N) is 2. The number of carbonyl (C=O) groups is 1. The minimum absolute atomic E-state index is 0.275. The highest BCUT2D eigenvalue weighted by Crippen LogP contribution is 2.23. The first kappa shape index (κ1) is 20.8. The molecular weight excluding hydrogens is 406 g/mol. The summed E-state index contributed by atoms with van der Waals surface area (Å²) in [5.41, 5.74) is 5.82. The molecule has 2 aromatic heterocycles. The third-order valence-corrected chi connectivity index (χ3v) is 6.12. The molecule has 5 rings (SSSR count). The molecule has 32 heavy (non-hydrogen) atoms. The lowest BCUT2D eigenvalue weighted by Gasteiger charge is -2.28. The minimum Gasteiger partial charge on any atom is -0.391 e. The first-order valence-corrected chi connectivity index (χ1v) is 11.1. The monoisotopic (exact) mass is 433 g/mol. The van der Waals surface area contributed by atoms with Crippen molar-refractivity contribution >= 4 is 5.91 Å². The van der Waals surface area contributed by atoms with Crippen molar-refractivity contribution in [3.05, 3.63) is 76.9 Å². The van der Waals surface area contributed by atoms with E-state index in [0.717, 1.165) is 41.9 Å². The van der Waals surface area contributed by atoms with Crippen molar-refractivity contribution < 1.29 is 14.6 Å². The van der Waals surface area contributed by atoms with Crippen molar-refractivity contribution in [3.63, 3.8) is 0 Å². The second kappa shape index (κ2) is 9.20. The van der Waals surface area contributed by atoms with Crippen LogP contribution in [0.15, 0.2) is 48.8 Å². The number of aliphatic hydroxyl groups is 1. The fourth-order valence-electron chi connectivity index (χ4n) is 4.34. The predicted octanol–water partition coefficient (Wildman–Crippen LogP) is 1.38. The van der Waals surface area contributed by atoms with Gasteiger partial charge >= 0.3 is 0 Å². The summed E-state index contributed by atoms with van der Waals surface area (Å²) in [5, 5.41) is 20.7. The van der Waals surface area contributed by atoms with Crippen molar-refractivity contribution in [2.45, 2.75) is 38.0 Å². The van der Waals surface area contributed by atoms with E-state index >= 15 is 0 Å². The normalized spacial score (nSPS) is 20.5. The summed E-state index contributed by atoms with van der Waals surface area (Å²) in [6.45, 7) is 2.38. The molecule has 8 heteroatoms. The topological polar surface area (TPSA) is 101 Å². The van der Waals surface area contributed by atoms with Crippen LogP contribution in [0.4, 0.5) is 0 Å². The number of fused-ring (bicyclic) bond motifs is 1. The Hall–Kier alpha value is -3.07. The number of aromatic nitrogens is 3. The van der Waals surface area contributed by atoms with Gasteiger partial charge in [0.05, 0.1) is 30.1 Å². The van der Waals surface area contributed by atoms with Gasteiger partial charge in [-0.15, -0.1) is 0 Å². The maximum atomic E-state index is 13.0. The Bertz CT molecular complexity index is 1080. The first-order valence-electron chi connectivity index (χ1n) is 11.1. The Morgan fingerprint density at radius 3 is 2.97 bits per heavy atom. The molecule has 3 aromatic rings. The SMILES string of the molecule is O=C(N[C@@H]1COCC[C@@H]1O)c1cc(Cc2ccc(-n3cccn3)cc2)c2c(n1)CNCC2. The second-order valence-corrected chi connectivity index (χ2v) is 8.32. The van der Waals surface area contributed by atoms with Crippen LogP contribution in [0, 0.1) is 0 Å². The zero-order chi connectivity index (χ0) is 21.9. The van der Waals surface area contributed by atoms with Gasteiger partial charge < -0.3 is 20.5 Å². The zero-order valence-corrected chi connectivity index (χ0v) is 17.8. The van der Waals surface area contributed by atoms with Crippen LogP contribution < -0.4 is 10.6 Å². The third kappa shape index (κ3) is 4.43. The summed E-state index contributed by atoms with van der Waals surface area (Å²) >= 11 is 0. The molecule has 8 nitrogen and oxygen atoms in total. The van der Waals surface area contributed by atoms with Gasteiger partial charge in [0.1, 0.15) is 5.69 Å². The van der Waals surface area contributed by atoms with Gasteiger partial charge in [-0.3, -0.25) is 4.79 Å². The van der Waals surface area contributed by atoms with E-state index in [0.29, 0.717) is 31.9 Å². The van der Waals surface area contributed by atoms with Crippen LogP contribution in [0.3, 0.4) is 0 Å². The molecule has 1 saturated heterocycles. The number of ether oxygens (including phenoxy) is 1. The number of aliphatic hydroxyl groups excluding tert-OH is 1. The summed E-state index contributed by atoms with van der Waals surface area (Å²) in [5.74, 6) is -0.275. The van der Waals surface area contributed by atoms with E-state index in [1.54, 1.807) is 6.20 Å². The average molecular weight is 434 g/mol. The number of benzene rings is 1. The van der Waals surface area contributed by atoms with Gasteiger partial charge in [0, 0.05) is 25.5 Å². The number of amides is 1. The van der Waals surface area contributed by atoms with Crippen molar-refractivity contribution in [2.24, 2.45) is 0 Å². The summed E-state index contributed by atoms with van der Waals surface area (Å²) in [6.07, 6.45) is 5.21. The molecule has 2 atom stereocenters. The van der Waals surface area contributed by atoms with Crippen LogP contribution in [0.25, 0.3) is 5.69 Å². The number of nitrogens with zero attached hydrogens (tertiary/aromatic N) is 3. The predicted molar refractivity (Wildman–Crippen MR) is 119 cm³/mol. The van der Waals surface area contributed by atoms with Crippen molar-refractivity contribution in [1.29, 1.82) is 0 Å². The zero-order valence-electron chi connectivity index (χ0n) is 17.8. The summed E-state index contributed by atoms with van der Waals surface area (Å²) in [7, 11) is 0. The van der Waals surface area contributed by atoms with Crippen molar-refractivity contribution in [3.8, 4) is 5.69 Å². The van der Waals surface area contributed by atoms with Gasteiger partial charge in [-0.05, 0) is 66.8 Å². The van der Waals surface area contributed by atoms with Crippen LogP contribution in [0.5, 0.6) is 0 Å². The molecule has 0 spiro atoms. The van der Waals surface area contributed by atoms with E-state index in [4.69, 9.17) is 4.74 Å². The van der Waals surface area contributed by atoms with Crippen molar-refractivity contribution in [1.82, 2.24) is 25.4 Å². The molecular formula is C24H27N5O3. The standard InChI is InChI=1S/C24H27N5O3/c30-23-7-11-32-15-22(23)28-24(31)20-13-17(19-6-9-25-14-21(19)27-20)12-16-2-4-18(5-3-16)29-10-1-8-26-29/h1-5,8,10,13,22-23,25,30H,6-7,9,11-12,14-15H2,(H,28,31)/t22-,23+/m1/s1. The Labute approximate surface area is 186 Å². The van der Waals surface area contributed by atoms with Crippen LogP contribution in [0.1, 0.15) is 39.3 Å². The van der Waals surface area contributed by atoms with Crippen molar-refractivity contribution in [2.75, 3.05) is 19.8 Å². The summed E-state index contributed by atoms with van der Waals surface area (Å²) in [4.78, 5) is 17.6. The number of carbonyl (C=O) groups excluding carboxylic acids is 1. The molecule has 1 fully saturated rings. The maximum absolute atomic E-state index is 13.0. The molecule has 0 unspecified atom stereocenters. The van der Waals surface area contributed by atoms with E-state index in [1.165, 1.54) is 5.56 Å². The van der Waals surface area contributed by atoms with Crippen LogP contribution in [-0.4, -0.2) is 57.7 Å². The number of rotatable bonds is 5. The fraction of sp³-hybridized carbons (Fsp3) is 0.375. The first-order chi connectivity index (χ1) is 15.7. The van der Waals surface area contributed by atoms with Crippen LogP contribution >= 0.6 is 0 Å². The number of hydrogen-bond acceptors (Lipinski definition) is 6. The van der Waals surface area contributed by atoms with Gasteiger partial charge in [0.2, 0.25) is 0 Å². The molecule has 1 amide bonds. The van der Waals surface area contributed by atoms with E-state index in [1.807, 2.05) is 23.0 Å². The van der Waals surface area contributed by atoms with E-state index in [9.17, 15) is 9.90 Å². The van der Waals surface area contributed by atoms with Gasteiger partial charge in [-0.2, -0.15) is 5.10 Å². The third-order valence-electron chi connectivity index (χ3n) is 6.12. The van der Waals surface area contributed by atoms with Crippen LogP contribution in [-0.2, 0) is 24.1 Å². The van der Waals surface area contributed by atoms with E-state index in [2.05, 4.69) is 45.0 Å². The molecule has 1 aromatic carbocycles. The van der Waals surface area contributed by atoms with Crippen LogP contribution in [0.2, 0.25) is 0 Å². The van der Waals surface area contributed by atoms with E-state index in [-0.39, 0.29) is 5.91 Å².